The van der Waals surface area contributed by atoms with E-state index in [0.29, 0.717) is 23.9 Å². The number of pyridine rings is 1. The van der Waals surface area contributed by atoms with Crippen LogP contribution in [0.5, 0.6) is 0 Å². The first-order chi connectivity index (χ1) is 17.4. The number of halogens is 2. The molecule has 0 saturated heterocycles. The van der Waals surface area contributed by atoms with Crippen molar-refractivity contribution in [2.45, 2.75) is 46.6 Å². The molecule has 0 atom stereocenters. The molecular weight excluding hydrogens is 481 g/mol. The first kappa shape index (κ1) is 25.7. The van der Waals surface area contributed by atoms with E-state index in [2.05, 4.69) is 53.3 Å². The van der Waals surface area contributed by atoms with Crippen LogP contribution >= 0.6 is 11.6 Å². The quantitative estimate of drug-likeness (QED) is 0.321. The van der Waals surface area contributed by atoms with Gasteiger partial charge in [0.2, 0.25) is 0 Å². The van der Waals surface area contributed by atoms with Gasteiger partial charge in [0.15, 0.2) is 5.82 Å². The van der Waals surface area contributed by atoms with E-state index in [1.807, 2.05) is 13.0 Å². The summed E-state index contributed by atoms with van der Waals surface area (Å²) in [4.78, 5) is 21.7. The van der Waals surface area contributed by atoms with Gasteiger partial charge in [-0.05, 0) is 56.7 Å². The smallest absolute Gasteiger partial charge is 0.270 e. The van der Waals surface area contributed by atoms with Crippen LogP contribution in [0.2, 0.25) is 5.02 Å². The van der Waals surface area contributed by atoms with Gasteiger partial charge >= 0.3 is 0 Å². The lowest BCUT2D eigenvalue weighted by Gasteiger charge is -2.15. The molecule has 2 aromatic rings. The van der Waals surface area contributed by atoms with E-state index in [9.17, 15) is 9.18 Å². The number of rotatable bonds is 10. The van der Waals surface area contributed by atoms with Crippen LogP contribution in [-0.4, -0.2) is 32.6 Å². The predicted molar refractivity (Wildman–Crippen MR) is 140 cm³/mol. The van der Waals surface area contributed by atoms with Gasteiger partial charge in [-0.1, -0.05) is 36.8 Å². The Morgan fingerprint density at radius 3 is 2.83 bits per heavy atom. The molecular formula is C26H31ClFN7O. The predicted octanol–water partition coefficient (Wildman–Crippen LogP) is 4.58. The molecule has 1 saturated carbocycles. The van der Waals surface area contributed by atoms with E-state index in [4.69, 9.17) is 16.6 Å². The lowest BCUT2D eigenvalue weighted by molar-refractivity contribution is -0.118. The summed E-state index contributed by atoms with van der Waals surface area (Å²) >= 11 is 5.89. The minimum absolute atomic E-state index is 0.00457. The molecule has 4 rings (SSSR count). The maximum Gasteiger partial charge on any atom is 0.270 e. The largest absolute Gasteiger partial charge is 0.345 e. The maximum atomic E-state index is 14.4. The standard InChI is InChI=1S/C26H31ClFN7O/c1-4-17(18-7-8-18)9-10-19(5-2)31-20(6-3)14-35-15-23(32-33-35)26(36)29-13-22-25-24(28)21(27)11-12-34(25)16-30-22/h4,6,9-12,15-16,18,32-33H,5,7-8,13-14H2,1-3H3,(H,29,36)/b10-9-,17-4+,20-6-,31-19-. The van der Waals surface area contributed by atoms with Crippen LogP contribution in [0.3, 0.4) is 0 Å². The Balaban J connectivity index is 1.36. The number of imidazole rings is 1. The summed E-state index contributed by atoms with van der Waals surface area (Å²) in [5, 5.41) is 4.52. The van der Waals surface area contributed by atoms with Crippen LogP contribution in [0.25, 0.3) is 5.52 Å². The lowest BCUT2D eigenvalue weighted by atomic mass is 10.1. The van der Waals surface area contributed by atoms with Gasteiger partial charge in [-0.15, -0.1) is 5.53 Å². The highest BCUT2D eigenvalue weighted by Gasteiger charge is 2.23. The summed E-state index contributed by atoms with van der Waals surface area (Å²) in [5.41, 5.74) is 10.0. The molecule has 0 unspecified atom stereocenters. The number of hydrazine groups is 2. The highest BCUT2D eigenvalue weighted by molar-refractivity contribution is 6.31. The minimum atomic E-state index is -0.567. The SMILES string of the molecule is C\C=C(CN1C=C(C(=O)NCc2ncn3ccc(Cl)c(F)c23)NN1)/N=C(\C=C/C(=C\C)C1CC1)CC. The van der Waals surface area contributed by atoms with Crippen LogP contribution in [0.4, 0.5) is 4.39 Å². The number of amides is 1. The first-order valence-corrected chi connectivity index (χ1v) is 12.5. The molecule has 0 aromatic carbocycles. The number of fused-ring (bicyclic) bond motifs is 1. The average molecular weight is 512 g/mol. The number of hydrogen-bond donors (Lipinski definition) is 3. The second-order valence-electron chi connectivity index (χ2n) is 8.65. The Bertz CT molecular complexity index is 1290. The van der Waals surface area contributed by atoms with Crippen LogP contribution < -0.4 is 16.3 Å². The molecule has 0 radical (unpaired) electrons. The molecule has 1 aliphatic carbocycles. The molecule has 1 amide bonds. The minimum Gasteiger partial charge on any atom is -0.345 e. The summed E-state index contributed by atoms with van der Waals surface area (Å²) in [5.74, 6) is -0.221. The fourth-order valence-electron chi connectivity index (χ4n) is 3.89. The van der Waals surface area contributed by atoms with E-state index >= 15 is 0 Å². The van der Waals surface area contributed by atoms with E-state index in [1.165, 1.54) is 35.2 Å². The van der Waals surface area contributed by atoms with Crippen molar-refractivity contribution < 1.29 is 9.18 Å². The third kappa shape index (κ3) is 6.03. The lowest BCUT2D eigenvalue weighted by Crippen LogP contribution is -2.39. The van der Waals surface area contributed by atoms with Gasteiger partial charge in [0, 0.05) is 18.1 Å². The topological polar surface area (TPSA) is 86.1 Å². The number of carbonyl (C=O) groups is 1. The van der Waals surface area contributed by atoms with Crippen molar-refractivity contribution in [3.05, 3.63) is 82.6 Å². The first-order valence-electron chi connectivity index (χ1n) is 12.1. The zero-order chi connectivity index (χ0) is 25.7. The van der Waals surface area contributed by atoms with Gasteiger partial charge in [-0.25, -0.2) is 9.37 Å². The molecule has 3 N–H and O–H groups in total. The summed E-state index contributed by atoms with van der Waals surface area (Å²) in [6.45, 7) is 6.63. The zero-order valence-corrected chi connectivity index (χ0v) is 21.4. The van der Waals surface area contributed by atoms with Crippen LogP contribution in [0.15, 0.2) is 71.1 Å². The van der Waals surface area contributed by atoms with Gasteiger partial charge in [0.1, 0.15) is 11.2 Å². The second kappa shape index (κ2) is 11.5. The molecule has 10 heteroatoms. The van der Waals surface area contributed by atoms with Crippen molar-refractivity contribution in [3.63, 3.8) is 0 Å². The number of carbonyl (C=O) groups excluding carboxylic acids is 1. The van der Waals surface area contributed by atoms with Crippen molar-refractivity contribution >= 4 is 28.7 Å². The molecule has 1 fully saturated rings. The maximum absolute atomic E-state index is 14.4. The summed E-state index contributed by atoms with van der Waals surface area (Å²) in [6, 6.07) is 1.46. The number of aliphatic imine (C=N–C) groups is 1. The molecule has 1 aliphatic heterocycles. The van der Waals surface area contributed by atoms with Crippen molar-refractivity contribution in [2.75, 3.05) is 6.54 Å². The van der Waals surface area contributed by atoms with Crippen molar-refractivity contribution in [1.82, 2.24) is 30.7 Å². The third-order valence-corrected chi connectivity index (χ3v) is 6.41. The zero-order valence-electron chi connectivity index (χ0n) is 20.7. The van der Waals surface area contributed by atoms with E-state index in [1.54, 1.807) is 17.4 Å². The Morgan fingerprint density at radius 1 is 1.33 bits per heavy atom. The molecule has 36 heavy (non-hydrogen) atoms. The second-order valence-corrected chi connectivity index (χ2v) is 9.06. The van der Waals surface area contributed by atoms with E-state index in [-0.39, 0.29) is 23.0 Å². The summed E-state index contributed by atoms with van der Waals surface area (Å²) in [6.07, 6.45) is 16.5. The van der Waals surface area contributed by atoms with Crippen LogP contribution in [0.1, 0.15) is 45.7 Å². The normalized spacial score (nSPS) is 17.2. The van der Waals surface area contributed by atoms with Gasteiger partial charge in [0.05, 0.1) is 35.8 Å². The van der Waals surface area contributed by atoms with Gasteiger partial charge in [-0.3, -0.25) is 20.2 Å². The van der Waals surface area contributed by atoms with Crippen LogP contribution in [-0.2, 0) is 11.3 Å². The number of nitrogens with one attached hydrogen (secondary N) is 3. The summed E-state index contributed by atoms with van der Waals surface area (Å²) in [7, 11) is 0. The van der Waals surface area contributed by atoms with E-state index < -0.39 is 5.82 Å². The number of allylic oxidation sites excluding steroid dienone is 5. The third-order valence-electron chi connectivity index (χ3n) is 6.11. The Morgan fingerprint density at radius 2 is 2.14 bits per heavy atom. The van der Waals surface area contributed by atoms with Crippen molar-refractivity contribution in [2.24, 2.45) is 10.9 Å². The Kier molecular flexibility index (Phi) is 8.22. The number of hydrogen-bond acceptors (Lipinski definition) is 6. The molecule has 2 aliphatic rings. The number of aromatic nitrogens is 2. The summed E-state index contributed by atoms with van der Waals surface area (Å²) < 4.78 is 15.9. The van der Waals surface area contributed by atoms with Gasteiger partial charge < -0.3 is 9.72 Å². The Labute approximate surface area is 215 Å². The average Bonchev–Trinajstić information content (AvgIpc) is 3.47. The van der Waals surface area contributed by atoms with Crippen molar-refractivity contribution in [1.29, 1.82) is 0 Å². The molecule has 0 bridgehead atoms. The Hall–Kier alpha value is -3.43. The number of nitrogens with zero attached hydrogens (tertiary/aromatic N) is 4. The molecule has 0 spiro atoms. The molecule has 8 nitrogen and oxygen atoms in total. The molecule has 2 aromatic heterocycles. The van der Waals surface area contributed by atoms with Gasteiger partial charge in [-0.2, -0.15) is 0 Å². The highest BCUT2D eigenvalue weighted by atomic mass is 35.5. The van der Waals surface area contributed by atoms with Crippen LogP contribution in [0, 0.1) is 11.7 Å². The van der Waals surface area contributed by atoms with E-state index in [0.717, 1.165) is 17.8 Å². The van der Waals surface area contributed by atoms with Gasteiger partial charge in [0.25, 0.3) is 5.91 Å². The fraction of sp³-hybridized carbons (Fsp3) is 0.346. The molecule has 3 heterocycles. The van der Waals surface area contributed by atoms with Crippen molar-refractivity contribution in [3.8, 4) is 0 Å². The molecule has 190 valence electrons. The highest BCUT2D eigenvalue weighted by Crippen LogP contribution is 2.37. The fourth-order valence-corrected chi connectivity index (χ4v) is 4.03. The monoisotopic (exact) mass is 511 g/mol.